The molecule has 0 aliphatic carbocycles. The standard InChI is InChI=1S/C28H33N9O2/c29-27-23-3-1-2-22(24-16-20(6-8-32-24)38-14-7-21-18-31-11-15-39-21)26(23)35-28(36-27)34-19-4-5-25(33-17-19)37-12-9-30-10-13-37/h1-6,8,16-17,21,30-31H,7,9-15,18H2,(H3,29,34,35,36). The van der Waals surface area contributed by atoms with Gasteiger partial charge >= 0.3 is 0 Å². The smallest absolute Gasteiger partial charge is 0.229 e. The Morgan fingerprint density at radius 3 is 2.79 bits per heavy atom. The van der Waals surface area contributed by atoms with E-state index in [-0.39, 0.29) is 6.10 Å². The zero-order valence-corrected chi connectivity index (χ0v) is 21.8. The van der Waals surface area contributed by atoms with E-state index in [0.29, 0.717) is 23.9 Å². The van der Waals surface area contributed by atoms with Gasteiger partial charge in [-0.25, -0.2) is 9.97 Å². The van der Waals surface area contributed by atoms with Crippen LogP contribution < -0.4 is 31.3 Å². The van der Waals surface area contributed by atoms with Crippen molar-refractivity contribution in [2.75, 3.05) is 68.4 Å². The fourth-order valence-corrected chi connectivity index (χ4v) is 4.87. The lowest BCUT2D eigenvalue weighted by atomic mass is 10.1. The van der Waals surface area contributed by atoms with Crippen molar-refractivity contribution in [2.24, 2.45) is 0 Å². The van der Waals surface area contributed by atoms with Gasteiger partial charge in [0.1, 0.15) is 17.4 Å². The maximum atomic E-state index is 6.36. The number of hydrogen-bond donors (Lipinski definition) is 4. The fourth-order valence-electron chi connectivity index (χ4n) is 4.87. The topological polar surface area (TPSA) is 135 Å². The number of para-hydroxylation sites is 1. The number of nitrogens with zero attached hydrogens (tertiary/aromatic N) is 5. The van der Waals surface area contributed by atoms with Gasteiger partial charge in [0.15, 0.2) is 0 Å². The van der Waals surface area contributed by atoms with E-state index >= 15 is 0 Å². The molecule has 11 heteroatoms. The molecule has 202 valence electrons. The van der Waals surface area contributed by atoms with Crippen molar-refractivity contribution in [1.29, 1.82) is 0 Å². The van der Waals surface area contributed by atoms with Crippen molar-refractivity contribution in [3.63, 3.8) is 0 Å². The highest BCUT2D eigenvalue weighted by molar-refractivity contribution is 5.98. The summed E-state index contributed by atoms with van der Waals surface area (Å²) in [4.78, 5) is 20.8. The normalized spacial score (nSPS) is 17.7. The minimum absolute atomic E-state index is 0.178. The zero-order valence-electron chi connectivity index (χ0n) is 21.8. The lowest BCUT2D eigenvalue weighted by molar-refractivity contribution is 0.0159. The molecule has 39 heavy (non-hydrogen) atoms. The number of morpholine rings is 1. The van der Waals surface area contributed by atoms with Gasteiger partial charge in [0.25, 0.3) is 0 Å². The number of benzene rings is 1. The number of ether oxygens (including phenoxy) is 2. The molecule has 2 aliphatic heterocycles. The summed E-state index contributed by atoms with van der Waals surface area (Å²) in [6, 6.07) is 13.6. The maximum Gasteiger partial charge on any atom is 0.229 e. The Morgan fingerprint density at radius 1 is 1.05 bits per heavy atom. The molecule has 1 aromatic carbocycles. The molecule has 2 saturated heterocycles. The van der Waals surface area contributed by atoms with Crippen molar-refractivity contribution >= 4 is 34.2 Å². The Balaban J connectivity index is 1.20. The van der Waals surface area contributed by atoms with Gasteiger partial charge in [-0.2, -0.15) is 4.98 Å². The average molecular weight is 528 g/mol. The second-order valence-electron chi connectivity index (χ2n) is 9.61. The molecule has 0 amide bonds. The van der Waals surface area contributed by atoms with Gasteiger partial charge in [-0.1, -0.05) is 12.1 Å². The number of nitrogen functional groups attached to an aromatic ring is 1. The van der Waals surface area contributed by atoms with Crippen LogP contribution in [-0.4, -0.2) is 78.5 Å². The Morgan fingerprint density at radius 2 is 1.97 bits per heavy atom. The van der Waals surface area contributed by atoms with Crippen LogP contribution in [0.2, 0.25) is 0 Å². The lowest BCUT2D eigenvalue weighted by Crippen LogP contribution is -2.43. The molecule has 6 rings (SSSR count). The molecule has 5 heterocycles. The first-order chi connectivity index (χ1) is 19.2. The highest BCUT2D eigenvalue weighted by atomic mass is 16.5. The number of nitrogens with two attached hydrogens (primary N) is 1. The van der Waals surface area contributed by atoms with E-state index in [1.807, 2.05) is 42.5 Å². The SMILES string of the molecule is Nc1nc(Nc2ccc(N3CCNCC3)nc2)nc2c(-c3cc(OCCC4CNCCO4)ccn3)cccc12. The van der Waals surface area contributed by atoms with Crippen molar-refractivity contribution < 1.29 is 9.47 Å². The zero-order chi connectivity index (χ0) is 26.4. The van der Waals surface area contributed by atoms with Crippen molar-refractivity contribution in [3.05, 3.63) is 54.9 Å². The summed E-state index contributed by atoms with van der Waals surface area (Å²) >= 11 is 0. The summed E-state index contributed by atoms with van der Waals surface area (Å²) < 4.78 is 11.8. The third-order valence-corrected chi connectivity index (χ3v) is 6.92. The summed E-state index contributed by atoms with van der Waals surface area (Å²) in [6.07, 6.45) is 4.54. The second-order valence-corrected chi connectivity index (χ2v) is 9.61. The molecule has 0 bridgehead atoms. The summed E-state index contributed by atoms with van der Waals surface area (Å²) in [5.41, 5.74) is 9.46. The summed E-state index contributed by atoms with van der Waals surface area (Å²) in [5, 5.41) is 10.7. The lowest BCUT2D eigenvalue weighted by Gasteiger charge is -2.28. The fraction of sp³-hybridized carbons (Fsp3) is 0.357. The van der Waals surface area contributed by atoms with Crippen LogP contribution in [0.4, 0.5) is 23.3 Å². The van der Waals surface area contributed by atoms with Gasteiger partial charge in [0.2, 0.25) is 5.95 Å². The number of pyridine rings is 2. The predicted molar refractivity (Wildman–Crippen MR) is 153 cm³/mol. The number of fused-ring (bicyclic) bond motifs is 1. The first-order valence-corrected chi connectivity index (χ1v) is 13.4. The Hall–Kier alpha value is -4.06. The number of hydrogen-bond acceptors (Lipinski definition) is 11. The van der Waals surface area contributed by atoms with Gasteiger partial charge in [-0.15, -0.1) is 0 Å². The molecule has 3 aromatic heterocycles. The van der Waals surface area contributed by atoms with E-state index in [2.05, 4.69) is 35.8 Å². The predicted octanol–water partition coefficient (Wildman–Crippen LogP) is 2.58. The Bertz CT molecular complexity index is 1400. The average Bonchev–Trinajstić information content (AvgIpc) is 2.99. The molecular formula is C28H33N9O2. The van der Waals surface area contributed by atoms with Crippen LogP contribution in [0, 0.1) is 0 Å². The maximum absolute atomic E-state index is 6.36. The van der Waals surface area contributed by atoms with Crippen LogP contribution in [0.1, 0.15) is 6.42 Å². The van der Waals surface area contributed by atoms with Crippen LogP contribution in [0.3, 0.4) is 0 Å². The van der Waals surface area contributed by atoms with E-state index in [1.54, 1.807) is 12.4 Å². The third kappa shape index (κ3) is 6.00. The van der Waals surface area contributed by atoms with E-state index in [9.17, 15) is 0 Å². The quantitative estimate of drug-likeness (QED) is 0.269. The van der Waals surface area contributed by atoms with Crippen LogP contribution in [0.25, 0.3) is 22.2 Å². The van der Waals surface area contributed by atoms with Gasteiger partial charge in [-0.3, -0.25) is 4.98 Å². The van der Waals surface area contributed by atoms with E-state index in [0.717, 1.165) is 86.2 Å². The minimum Gasteiger partial charge on any atom is -0.493 e. The van der Waals surface area contributed by atoms with Crippen LogP contribution in [0.15, 0.2) is 54.9 Å². The van der Waals surface area contributed by atoms with Crippen LogP contribution in [-0.2, 0) is 4.74 Å². The summed E-state index contributed by atoms with van der Waals surface area (Å²) in [7, 11) is 0. The monoisotopic (exact) mass is 527 g/mol. The van der Waals surface area contributed by atoms with Crippen LogP contribution >= 0.6 is 0 Å². The second kappa shape index (κ2) is 11.8. The largest absolute Gasteiger partial charge is 0.493 e. The number of anilines is 4. The Kier molecular flexibility index (Phi) is 7.61. The summed E-state index contributed by atoms with van der Waals surface area (Å²) in [5.74, 6) is 2.50. The number of nitrogens with one attached hydrogen (secondary N) is 3. The van der Waals surface area contributed by atoms with Crippen molar-refractivity contribution in [3.8, 4) is 17.0 Å². The van der Waals surface area contributed by atoms with Crippen molar-refractivity contribution in [2.45, 2.75) is 12.5 Å². The molecule has 5 N–H and O–H groups in total. The van der Waals surface area contributed by atoms with Gasteiger partial charge in [-0.05, 0) is 24.3 Å². The number of piperazine rings is 1. The van der Waals surface area contributed by atoms with Gasteiger partial charge in [0.05, 0.1) is 42.4 Å². The molecule has 2 fully saturated rings. The minimum atomic E-state index is 0.178. The molecule has 0 radical (unpaired) electrons. The Labute approximate surface area is 227 Å². The third-order valence-electron chi connectivity index (χ3n) is 6.92. The van der Waals surface area contributed by atoms with Crippen molar-refractivity contribution in [1.82, 2.24) is 30.6 Å². The van der Waals surface area contributed by atoms with Gasteiger partial charge in [0, 0.05) is 68.9 Å². The highest BCUT2D eigenvalue weighted by Crippen LogP contribution is 2.31. The number of aromatic nitrogens is 4. The first-order valence-electron chi connectivity index (χ1n) is 13.4. The van der Waals surface area contributed by atoms with E-state index in [4.69, 9.17) is 20.2 Å². The molecule has 0 spiro atoms. The van der Waals surface area contributed by atoms with Gasteiger partial charge < -0.3 is 36.1 Å². The molecular weight excluding hydrogens is 494 g/mol. The molecule has 1 unspecified atom stereocenters. The molecule has 4 aromatic rings. The highest BCUT2D eigenvalue weighted by Gasteiger charge is 2.16. The van der Waals surface area contributed by atoms with E-state index in [1.165, 1.54) is 0 Å². The number of rotatable bonds is 8. The van der Waals surface area contributed by atoms with E-state index < -0.39 is 0 Å². The molecule has 0 saturated carbocycles. The molecule has 2 aliphatic rings. The summed E-state index contributed by atoms with van der Waals surface area (Å²) in [6.45, 7) is 6.88. The van der Waals surface area contributed by atoms with Crippen LogP contribution in [0.5, 0.6) is 5.75 Å². The molecule has 11 nitrogen and oxygen atoms in total. The first kappa shape index (κ1) is 25.2. The molecule has 1 atom stereocenters.